The van der Waals surface area contributed by atoms with Gasteiger partial charge in [-0.15, -0.1) is 0 Å². The van der Waals surface area contributed by atoms with Crippen molar-refractivity contribution < 1.29 is 0 Å². The number of anilines is 1. The molecule has 0 unspecified atom stereocenters. The second kappa shape index (κ2) is 5.02. The van der Waals surface area contributed by atoms with Gasteiger partial charge in [0.1, 0.15) is 0 Å². The highest BCUT2D eigenvalue weighted by Crippen LogP contribution is 2.22. The molecule has 0 bridgehead atoms. The van der Waals surface area contributed by atoms with Gasteiger partial charge in [-0.25, -0.2) is 0 Å². The molecule has 0 saturated carbocycles. The zero-order chi connectivity index (χ0) is 9.97. The lowest BCUT2D eigenvalue weighted by Crippen LogP contribution is -2.04. The average molecular weight is 236 g/mol. The monoisotopic (exact) mass is 236 g/mol. The Labute approximate surface area is 99.7 Å². The van der Waals surface area contributed by atoms with Gasteiger partial charge < -0.3 is 36.3 Å². The molecule has 0 fully saturated rings. The smallest absolute Gasteiger partial charge is 0.0451 e. The van der Waals surface area contributed by atoms with Gasteiger partial charge in [0.05, 0.1) is 0 Å². The lowest BCUT2D eigenvalue weighted by Gasteiger charge is -2.12. The number of rotatable bonds is 1. The third-order valence-electron chi connectivity index (χ3n) is 2.03. The van der Waals surface area contributed by atoms with Gasteiger partial charge in [0.2, 0.25) is 0 Å². The predicted octanol–water partition coefficient (Wildman–Crippen LogP) is 3.46. The summed E-state index contributed by atoms with van der Waals surface area (Å²) < 4.78 is 0.376. The van der Waals surface area contributed by atoms with E-state index in [-0.39, 0.29) is 6.15 Å². The first-order valence-corrected chi connectivity index (χ1v) is 5.05. The second-order valence-corrected chi connectivity index (χ2v) is 4.01. The zero-order valence-corrected chi connectivity index (χ0v) is 9.99. The van der Waals surface area contributed by atoms with Gasteiger partial charge in [0.15, 0.2) is 0 Å². The molecular formula is C11H12N2S2. The number of thiocarbonyl (C=S) groups is 1. The highest BCUT2D eigenvalue weighted by atomic mass is 32.1. The summed E-state index contributed by atoms with van der Waals surface area (Å²) in [6.45, 7) is 0. The van der Waals surface area contributed by atoms with E-state index in [2.05, 4.69) is 17.4 Å². The van der Waals surface area contributed by atoms with E-state index in [9.17, 15) is 0 Å². The Morgan fingerprint density at radius 1 is 1.07 bits per heavy atom. The Bertz CT molecular complexity index is 477. The SMILES string of the molecule is S=C([S-])Nc1cccc2ccccc12.[NH4+]. The third-order valence-corrected chi connectivity index (χ3v) is 2.23. The van der Waals surface area contributed by atoms with Crippen LogP contribution in [0, 0.1) is 0 Å². The Hall–Kier alpha value is -1.23. The molecule has 0 radical (unpaired) electrons. The van der Waals surface area contributed by atoms with Crippen molar-refractivity contribution in [3.63, 3.8) is 0 Å². The van der Waals surface area contributed by atoms with E-state index >= 15 is 0 Å². The molecule has 78 valence electrons. The Morgan fingerprint density at radius 2 is 1.73 bits per heavy atom. The first-order valence-electron chi connectivity index (χ1n) is 4.23. The van der Waals surface area contributed by atoms with Crippen molar-refractivity contribution in [1.82, 2.24) is 6.15 Å². The maximum Gasteiger partial charge on any atom is 0.0451 e. The first kappa shape index (κ1) is 11.8. The molecule has 0 amide bonds. The molecule has 0 aliphatic heterocycles. The summed E-state index contributed by atoms with van der Waals surface area (Å²) in [7, 11) is 0. The topological polar surface area (TPSA) is 48.5 Å². The van der Waals surface area contributed by atoms with Crippen LogP contribution in [0.1, 0.15) is 0 Å². The van der Waals surface area contributed by atoms with Crippen molar-refractivity contribution in [3.8, 4) is 0 Å². The Balaban J connectivity index is 0.00000112. The van der Waals surface area contributed by atoms with Gasteiger partial charge >= 0.3 is 0 Å². The van der Waals surface area contributed by atoms with Crippen LogP contribution in [0.25, 0.3) is 10.8 Å². The van der Waals surface area contributed by atoms with Crippen LogP contribution < -0.4 is 11.5 Å². The van der Waals surface area contributed by atoms with Crippen molar-refractivity contribution in [2.24, 2.45) is 0 Å². The van der Waals surface area contributed by atoms with E-state index in [1.807, 2.05) is 30.3 Å². The molecule has 0 aromatic heterocycles. The van der Waals surface area contributed by atoms with E-state index in [0.717, 1.165) is 11.1 Å². The summed E-state index contributed by atoms with van der Waals surface area (Å²) in [6, 6.07) is 14.1. The fourth-order valence-corrected chi connectivity index (χ4v) is 1.66. The van der Waals surface area contributed by atoms with Gasteiger partial charge in [-0.2, -0.15) is 0 Å². The van der Waals surface area contributed by atoms with E-state index in [4.69, 9.17) is 24.8 Å². The van der Waals surface area contributed by atoms with Crippen LogP contribution in [0.4, 0.5) is 5.69 Å². The Kier molecular flexibility index (Phi) is 3.96. The number of hydrogen-bond donors (Lipinski definition) is 2. The molecule has 2 aromatic carbocycles. The summed E-state index contributed by atoms with van der Waals surface area (Å²) in [5.41, 5.74) is 0.975. The fraction of sp³-hybridized carbons (Fsp3) is 0. The van der Waals surface area contributed by atoms with Crippen LogP contribution >= 0.6 is 12.2 Å². The molecule has 0 aliphatic rings. The molecule has 0 atom stereocenters. The summed E-state index contributed by atoms with van der Waals surface area (Å²) in [4.78, 5) is 0. The second-order valence-electron chi connectivity index (χ2n) is 2.94. The minimum atomic E-state index is 0. The van der Waals surface area contributed by atoms with Crippen LogP contribution in [0.2, 0.25) is 0 Å². The molecule has 5 N–H and O–H groups in total. The summed E-state index contributed by atoms with van der Waals surface area (Å²) in [5.74, 6) is 0. The quantitative estimate of drug-likeness (QED) is 0.589. The van der Waals surface area contributed by atoms with Crippen molar-refractivity contribution in [2.75, 3.05) is 5.32 Å². The molecule has 15 heavy (non-hydrogen) atoms. The van der Waals surface area contributed by atoms with Crippen LogP contribution in [0.15, 0.2) is 42.5 Å². The third kappa shape index (κ3) is 2.62. The summed E-state index contributed by atoms with van der Waals surface area (Å²) in [6.07, 6.45) is 0. The molecule has 2 rings (SSSR count). The van der Waals surface area contributed by atoms with Crippen molar-refractivity contribution in [2.45, 2.75) is 0 Å². The minimum Gasteiger partial charge on any atom is -0.411 e. The predicted molar refractivity (Wildman–Crippen MR) is 73.5 cm³/mol. The molecule has 2 nitrogen and oxygen atoms in total. The van der Waals surface area contributed by atoms with Crippen molar-refractivity contribution in [1.29, 1.82) is 0 Å². The molecule has 0 spiro atoms. The van der Waals surface area contributed by atoms with Crippen molar-refractivity contribution >= 4 is 45.6 Å². The van der Waals surface area contributed by atoms with E-state index < -0.39 is 0 Å². The highest BCUT2D eigenvalue weighted by molar-refractivity contribution is 8.00. The number of hydrogen-bond acceptors (Lipinski definition) is 2. The maximum atomic E-state index is 4.84. The molecule has 0 saturated heterocycles. The van der Waals surface area contributed by atoms with Crippen LogP contribution in [0.3, 0.4) is 0 Å². The minimum absolute atomic E-state index is 0. The van der Waals surface area contributed by atoms with Gasteiger partial charge in [-0.3, -0.25) is 0 Å². The van der Waals surface area contributed by atoms with E-state index in [0.29, 0.717) is 4.32 Å². The summed E-state index contributed by atoms with van der Waals surface area (Å²) >= 11 is 9.69. The first-order chi connectivity index (χ1) is 6.77. The average Bonchev–Trinajstić information content (AvgIpc) is 2.18. The normalized spacial score (nSPS) is 9.33. The number of nitrogens with one attached hydrogen (secondary N) is 1. The van der Waals surface area contributed by atoms with Gasteiger partial charge in [-0.05, 0) is 11.5 Å². The van der Waals surface area contributed by atoms with Crippen LogP contribution in [0.5, 0.6) is 0 Å². The van der Waals surface area contributed by atoms with Gasteiger partial charge in [0, 0.05) is 11.1 Å². The van der Waals surface area contributed by atoms with Gasteiger partial charge in [-0.1, -0.05) is 40.7 Å². The van der Waals surface area contributed by atoms with E-state index in [1.54, 1.807) is 0 Å². The standard InChI is InChI=1S/C11H9NS2.H3N/c13-11(14)12-10-7-3-5-8-4-1-2-6-9(8)10;/h1-7H,(H2,12,13,14);1H3. The molecule has 4 heteroatoms. The van der Waals surface area contributed by atoms with Crippen LogP contribution in [-0.4, -0.2) is 4.32 Å². The Morgan fingerprint density at radius 3 is 2.47 bits per heavy atom. The van der Waals surface area contributed by atoms with Crippen molar-refractivity contribution in [3.05, 3.63) is 42.5 Å². The maximum absolute atomic E-state index is 4.84. The zero-order valence-electron chi connectivity index (χ0n) is 8.36. The fourth-order valence-electron chi connectivity index (χ4n) is 1.44. The van der Waals surface area contributed by atoms with Gasteiger partial charge in [0.25, 0.3) is 0 Å². The number of benzene rings is 2. The largest absolute Gasteiger partial charge is 0.411 e. The summed E-state index contributed by atoms with van der Waals surface area (Å²) in [5, 5.41) is 5.32. The molecular weight excluding hydrogens is 224 g/mol. The highest BCUT2D eigenvalue weighted by Gasteiger charge is 1.96. The molecule has 0 heterocycles. The molecule has 2 aromatic rings. The van der Waals surface area contributed by atoms with Crippen LogP contribution in [-0.2, 0) is 12.6 Å². The lowest BCUT2D eigenvalue weighted by atomic mass is 10.1. The number of fused-ring (bicyclic) bond motifs is 1. The lowest BCUT2D eigenvalue weighted by molar-refractivity contribution is 1.71. The molecule has 0 aliphatic carbocycles. The number of quaternary nitrogens is 1. The van der Waals surface area contributed by atoms with E-state index in [1.165, 1.54) is 5.39 Å².